The van der Waals surface area contributed by atoms with Crippen LogP contribution in [-0.2, 0) is 18.8 Å². The smallest absolute Gasteiger partial charge is 0.166 e. The van der Waals surface area contributed by atoms with Crippen LogP contribution in [0.3, 0.4) is 0 Å². The Kier molecular flexibility index (Phi) is 6.08. The Hall–Kier alpha value is -2.24. The van der Waals surface area contributed by atoms with Gasteiger partial charge in [-0.3, -0.25) is 0 Å². The van der Waals surface area contributed by atoms with E-state index in [0.29, 0.717) is 12.0 Å². The minimum absolute atomic E-state index is 0.0364. The third kappa shape index (κ3) is 4.57. The average Bonchev–Trinajstić information content (AvgIpc) is 3.06. The summed E-state index contributed by atoms with van der Waals surface area (Å²) in [4.78, 5) is 0. The molecule has 0 aromatic heterocycles. The largest absolute Gasteiger partial charge is 0.416 e. The van der Waals surface area contributed by atoms with Gasteiger partial charge in [0.15, 0.2) is 0 Å². The van der Waals surface area contributed by atoms with Crippen molar-refractivity contribution < 1.29 is 26.3 Å². The zero-order chi connectivity index (χ0) is 22.3. The zero-order valence-electron chi connectivity index (χ0n) is 17.1. The van der Waals surface area contributed by atoms with E-state index in [0.717, 1.165) is 53.7 Å². The molecule has 0 heterocycles. The quantitative estimate of drug-likeness (QED) is 0.420. The Labute approximate surface area is 172 Å². The van der Waals surface area contributed by atoms with Crippen LogP contribution in [0.2, 0.25) is 0 Å². The number of benzene rings is 2. The SMILES string of the molecule is CCCCC1=Cc2c(ccc(C(C)C)c2-c2cc(C(F)(F)F)cc(C(F)(F)F)c2)C1. The second kappa shape index (κ2) is 8.12. The lowest BCUT2D eigenvalue weighted by Gasteiger charge is -2.20. The van der Waals surface area contributed by atoms with E-state index in [1.807, 2.05) is 32.1 Å². The summed E-state index contributed by atoms with van der Waals surface area (Å²) >= 11 is 0. The summed E-state index contributed by atoms with van der Waals surface area (Å²) in [6.45, 7) is 5.85. The van der Waals surface area contributed by atoms with Gasteiger partial charge in [-0.05, 0) is 71.2 Å². The zero-order valence-corrected chi connectivity index (χ0v) is 17.1. The van der Waals surface area contributed by atoms with E-state index in [2.05, 4.69) is 6.92 Å². The molecule has 162 valence electrons. The number of fused-ring (bicyclic) bond motifs is 1. The normalized spacial score (nSPS) is 14.3. The van der Waals surface area contributed by atoms with Gasteiger partial charge < -0.3 is 0 Å². The van der Waals surface area contributed by atoms with Crippen LogP contribution < -0.4 is 0 Å². The highest BCUT2D eigenvalue weighted by molar-refractivity contribution is 5.84. The molecular formula is C24H24F6. The Balaban J connectivity index is 2.28. The van der Waals surface area contributed by atoms with Crippen molar-refractivity contribution in [3.05, 3.63) is 63.7 Å². The molecule has 2 aromatic carbocycles. The van der Waals surface area contributed by atoms with E-state index in [-0.39, 0.29) is 17.5 Å². The van der Waals surface area contributed by atoms with Crippen molar-refractivity contribution in [2.75, 3.05) is 0 Å². The molecule has 3 rings (SSSR count). The van der Waals surface area contributed by atoms with Crippen LogP contribution in [-0.4, -0.2) is 0 Å². The van der Waals surface area contributed by atoms with Gasteiger partial charge in [0.25, 0.3) is 0 Å². The van der Waals surface area contributed by atoms with E-state index < -0.39 is 23.5 Å². The summed E-state index contributed by atoms with van der Waals surface area (Å²) in [6, 6.07) is 5.65. The minimum atomic E-state index is -4.87. The predicted molar refractivity (Wildman–Crippen MR) is 107 cm³/mol. The van der Waals surface area contributed by atoms with Crippen molar-refractivity contribution >= 4 is 6.08 Å². The standard InChI is InChI=1S/C24H24F6/c1-4-5-6-15-9-16-7-8-20(14(2)3)22(21(16)10-15)17-11-18(23(25,26)27)13-19(12-17)24(28,29)30/h7-8,10-14H,4-6,9H2,1-3H3. The number of hydrogen-bond donors (Lipinski definition) is 0. The molecule has 0 bridgehead atoms. The van der Waals surface area contributed by atoms with E-state index in [4.69, 9.17) is 0 Å². The minimum Gasteiger partial charge on any atom is -0.166 e. The Bertz CT molecular complexity index is 929. The predicted octanol–water partition coefficient (Wildman–Crippen LogP) is 8.64. The Morgan fingerprint density at radius 1 is 0.900 bits per heavy atom. The first-order chi connectivity index (χ1) is 13.9. The monoisotopic (exact) mass is 426 g/mol. The van der Waals surface area contributed by atoms with Crippen molar-refractivity contribution in [2.45, 2.75) is 64.7 Å². The fourth-order valence-electron chi connectivity index (χ4n) is 3.97. The average molecular weight is 426 g/mol. The van der Waals surface area contributed by atoms with Gasteiger partial charge in [-0.15, -0.1) is 0 Å². The van der Waals surface area contributed by atoms with Gasteiger partial charge in [0.2, 0.25) is 0 Å². The van der Waals surface area contributed by atoms with E-state index in [1.165, 1.54) is 0 Å². The molecule has 1 aliphatic rings. The maximum Gasteiger partial charge on any atom is 0.416 e. The highest BCUT2D eigenvalue weighted by Crippen LogP contribution is 2.44. The molecule has 6 heteroatoms. The molecule has 0 nitrogen and oxygen atoms in total. The van der Waals surface area contributed by atoms with Crippen molar-refractivity contribution in [1.82, 2.24) is 0 Å². The van der Waals surface area contributed by atoms with Gasteiger partial charge >= 0.3 is 12.4 Å². The Morgan fingerprint density at radius 3 is 2.00 bits per heavy atom. The van der Waals surface area contributed by atoms with E-state index >= 15 is 0 Å². The number of alkyl halides is 6. The summed E-state index contributed by atoms with van der Waals surface area (Å²) in [5, 5.41) is 0. The number of rotatable bonds is 5. The molecule has 2 aromatic rings. The molecule has 30 heavy (non-hydrogen) atoms. The lowest BCUT2D eigenvalue weighted by Crippen LogP contribution is -2.11. The molecule has 0 unspecified atom stereocenters. The van der Waals surface area contributed by atoms with Crippen LogP contribution in [0.15, 0.2) is 35.9 Å². The van der Waals surface area contributed by atoms with Gasteiger partial charge in [0.05, 0.1) is 11.1 Å². The van der Waals surface area contributed by atoms with Crippen LogP contribution >= 0.6 is 0 Å². The van der Waals surface area contributed by atoms with Crippen molar-refractivity contribution in [3.8, 4) is 11.1 Å². The van der Waals surface area contributed by atoms with Gasteiger partial charge in [0.1, 0.15) is 0 Å². The first-order valence-electron chi connectivity index (χ1n) is 10.1. The lowest BCUT2D eigenvalue weighted by atomic mass is 9.86. The molecule has 0 atom stereocenters. The summed E-state index contributed by atoms with van der Waals surface area (Å²) in [5.41, 5.74) is 1.48. The molecule has 0 N–H and O–H groups in total. The lowest BCUT2D eigenvalue weighted by molar-refractivity contribution is -0.143. The topological polar surface area (TPSA) is 0 Å². The molecular weight excluding hydrogens is 402 g/mol. The van der Waals surface area contributed by atoms with Crippen LogP contribution in [0.1, 0.15) is 73.8 Å². The maximum atomic E-state index is 13.4. The third-order valence-corrected chi connectivity index (χ3v) is 5.48. The maximum absolute atomic E-state index is 13.4. The molecule has 0 fully saturated rings. The van der Waals surface area contributed by atoms with Gasteiger partial charge in [-0.1, -0.05) is 51.0 Å². The summed E-state index contributed by atoms with van der Waals surface area (Å²) in [5.74, 6) is -0.0535. The molecule has 0 spiro atoms. The van der Waals surface area contributed by atoms with E-state index in [1.54, 1.807) is 0 Å². The van der Waals surface area contributed by atoms with Crippen molar-refractivity contribution in [2.24, 2.45) is 0 Å². The highest BCUT2D eigenvalue weighted by atomic mass is 19.4. The summed E-state index contributed by atoms with van der Waals surface area (Å²) in [7, 11) is 0. The second-order valence-corrected chi connectivity index (χ2v) is 8.13. The van der Waals surface area contributed by atoms with Gasteiger partial charge in [-0.2, -0.15) is 26.3 Å². The summed E-state index contributed by atoms with van der Waals surface area (Å²) < 4.78 is 80.4. The molecule has 0 amide bonds. The molecule has 0 aliphatic heterocycles. The third-order valence-electron chi connectivity index (χ3n) is 5.48. The fraction of sp³-hybridized carbons (Fsp3) is 0.417. The van der Waals surface area contributed by atoms with Crippen molar-refractivity contribution in [3.63, 3.8) is 0 Å². The van der Waals surface area contributed by atoms with E-state index in [9.17, 15) is 26.3 Å². The van der Waals surface area contributed by atoms with Gasteiger partial charge in [-0.25, -0.2) is 0 Å². The second-order valence-electron chi connectivity index (χ2n) is 8.13. The summed E-state index contributed by atoms with van der Waals surface area (Å²) in [6.07, 6.45) is -4.21. The highest BCUT2D eigenvalue weighted by Gasteiger charge is 2.37. The molecule has 0 saturated carbocycles. The molecule has 0 saturated heterocycles. The molecule has 1 aliphatic carbocycles. The number of unbranched alkanes of at least 4 members (excludes halogenated alkanes) is 1. The van der Waals surface area contributed by atoms with Gasteiger partial charge in [0, 0.05) is 0 Å². The fourth-order valence-corrected chi connectivity index (χ4v) is 3.97. The Morgan fingerprint density at radius 2 is 1.50 bits per heavy atom. The van der Waals surface area contributed by atoms with Crippen LogP contribution in [0.5, 0.6) is 0 Å². The van der Waals surface area contributed by atoms with Crippen LogP contribution in [0.25, 0.3) is 17.2 Å². The van der Waals surface area contributed by atoms with Crippen molar-refractivity contribution in [1.29, 1.82) is 0 Å². The molecule has 0 radical (unpaired) electrons. The first kappa shape index (κ1) is 22.4. The number of halogens is 6. The van der Waals surface area contributed by atoms with Crippen LogP contribution in [0, 0.1) is 0 Å². The first-order valence-corrected chi connectivity index (χ1v) is 10.1. The number of allylic oxidation sites excluding steroid dienone is 1. The number of hydrogen-bond acceptors (Lipinski definition) is 0. The van der Waals surface area contributed by atoms with Crippen LogP contribution in [0.4, 0.5) is 26.3 Å².